The maximum atomic E-state index is 15.7. The molecule has 1 fully saturated rings. The van der Waals surface area contributed by atoms with E-state index in [4.69, 9.17) is 5.26 Å². The normalized spacial score (nSPS) is 20.7. The third-order valence-electron chi connectivity index (χ3n) is 9.01. The number of fused-ring (bicyclic) bond motifs is 1. The van der Waals surface area contributed by atoms with Crippen molar-refractivity contribution in [1.29, 1.82) is 5.26 Å². The number of aryl methyl sites for hydroxylation is 2. The van der Waals surface area contributed by atoms with Crippen LogP contribution in [0.3, 0.4) is 0 Å². The zero-order chi connectivity index (χ0) is 28.6. The molecule has 0 N–H and O–H groups in total. The number of nitriles is 1. The van der Waals surface area contributed by atoms with Crippen molar-refractivity contribution >= 4 is 0 Å². The standard InChI is InChI=1S/C33H31F6N/c1-2-18-3-6-21(27(34)16-18)7-4-19-5-13-25-26(15-19)32(38)33(39)28(30(25)36)22-10-8-20(9-11-22)24-14-12-23(17-40)29(35)31(24)37/h3,6,12,14,16,19-20,22H,2,4-5,7-11,13,15H2,1H3. The Labute approximate surface area is 230 Å². The molecule has 3 aromatic carbocycles. The summed E-state index contributed by atoms with van der Waals surface area (Å²) in [6.45, 7) is 1.96. The minimum atomic E-state index is -1.19. The highest BCUT2D eigenvalue weighted by atomic mass is 19.2. The number of halogens is 6. The Bertz CT molecular complexity index is 1470. The van der Waals surface area contributed by atoms with Gasteiger partial charge in [-0.15, -0.1) is 0 Å². The number of rotatable bonds is 6. The first kappa shape index (κ1) is 28.3. The lowest BCUT2D eigenvalue weighted by Gasteiger charge is -2.32. The van der Waals surface area contributed by atoms with Gasteiger partial charge in [-0.2, -0.15) is 5.26 Å². The molecule has 0 saturated heterocycles. The average Bonchev–Trinajstić information content (AvgIpc) is 2.97. The Morgan fingerprint density at radius 3 is 2.17 bits per heavy atom. The molecule has 2 aliphatic carbocycles. The van der Waals surface area contributed by atoms with Crippen LogP contribution in [0.25, 0.3) is 0 Å². The molecule has 1 atom stereocenters. The van der Waals surface area contributed by atoms with Crippen molar-refractivity contribution in [2.24, 2.45) is 5.92 Å². The van der Waals surface area contributed by atoms with E-state index in [-0.39, 0.29) is 51.9 Å². The van der Waals surface area contributed by atoms with Crippen molar-refractivity contribution in [3.05, 3.63) is 104 Å². The lowest BCUT2D eigenvalue weighted by atomic mass is 9.73. The van der Waals surface area contributed by atoms with Gasteiger partial charge in [-0.25, -0.2) is 26.3 Å². The molecule has 210 valence electrons. The van der Waals surface area contributed by atoms with E-state index in [1.165, 1.54) is 18.2 Å². The highest BCUT2D eigenvalue weighted by Gasteiger charge is 2.35. The second-order valence-corrected chi connectivity index (χ2v) is 11.2. The van der Waals surface area contributed by atoms with Gasteiger partial charge in [-0.1, -0.05) is 25.1 Å². The van der Waals surface area contributed by atoms with Crippen LogP contribution in [0, 0.1) is 52.2 Å². The molecule has 0 amide bonds. The average molecular weight is 556 g/mol. The summed E-state index contributed by atoms with van der Waals surface area (Å²) in [6, 6.07) is 9.45. The maximum absolute atomic E-state index is 15.7. The lowest BCUT2D eigenvalue weighted by Crippen LogP contribution is -2.23. The van der Waals surface area contributed by atoms with Crippen molar-refractivity contribution < 1.29 is 26.3 Å². The van der Waals surface area contributed by atoms with Crippen LogP contribution in [0.1, 0.15) is 96.2 Å². The van der Waals surface area contributed by atoms with E-state index < -0.39 is 35.0 Å². The lowest BCUT2D eigenvalue weighted by molar-refractivity contribution is 0.348. The van der Waals surface area contributed by atoms with Gasteiger partial charge in [-0.05, 0) is 122 Å². The van der Waals surface area contributed by atoms with E-state index in [1.54, 1.807) is 12.1 Å². The molecule has 1 unspecified atom stereocenters. The number of nitrogens with zero attached hydrogens (tertiary/aromatic N) is 1. The molecule has 40 heavy (non-hydrogen) atoms. The number of benzene rings is 3. The maximum Gasteiger partial charge on any atom is 0.176 e. The van der Waals surface area contributed by atoms with E-state index in [2.05, 4.69) is 0 Å². The summed E-state index contributed by atoms with van der Waals surface area (Å²) in [7, 11) is 0. The fourth-order valence-corrected chi connectivity index (χ4v) is 6.62. The molecule has 1 saturated carbocycles. The number of hydrogen-bond donors (Lipinski definition) is 0. The minimum absolute atomic E-state index is 0.00458. The first-order chi connectivity index (χ1) is 19.2. The molecule has 5 rings (SSSR count). The highest BCUT2D eigenvalue weighted by molar-refractivity contribution is 5.41. The van der Waals surface area contributed by atoms with Crippen LogP contribution < -0.4 is 0 Å². The SMILES string of the molecule is CCc1ccc(CCC2CCc3c(F)c(C4CCC(c5ccc(C#N)c(F)c5F)CC4)c(F)c(F)c3C2)c(F)c1. The minimum Gasteiger partial charge on any atom is -0.207 e. The summed E-state index contributed by atoms with van der Waals surface area (Å²) in [4.78, 5) is 0. The van der Waals surface area contributed by atoms with E-state index in [9.17, 15) is 13.2 Å². The summed E-state index contributed by atoms with van der Waals surface area (Å²) < 4.78 is 89.5. The Balaban J connectivity index is 1.29. The summed E-state index contributed by atoms with van der Waals surface area (Å²) in [6.07, 6.45) is 4.27. The molecule has 2 aliphatic rings. The van der Waals surface area contributed by atoms with Gasteiger partial charge in [0, 0.05) is 5.56 Å². The Kier molecular flexibility index (Phi) is 8.26. The van der Waals surface area contributed by atoms with Gasteiger partial charge in [0.2, 0.25) is 0 Å². The third-order valence-corrected chi connectivity index (χ3v) is 9.01. The van der Waals surface area contributed by atoms with Crippen molar-refractivity contribution in [2.45, 2.75) is 83.0 Å². The Hall–Kier alpha value is -3.27. The fourth-order valence-electron chi connectivity index (χ4n) is 6.62. The largest absolute Gasteiger partial charge is 0.207 e. The summed E-state index contributed by atoms with van der Waals surface area (Å²) in [5.74, 6) is -6.27. The van der Waals surface area contributed by atoms with E-state index >= 15 is 13.2 Å². The molecule has 7 heteroatoms. The van der Waals surface area contributed by atoms with Gasteiger partial charge < -0.3 is 0 Å². The van der Waals surface area contributed by atoms with Crippen LogP contribution in [0.4, 0.5) is 26.3 Å². The van der Waals surface area contributed by atoms with Crippen LogP contribution in [0.15, 0.2) is 30.3 Å². The van der Waals surface area contributed by atoms with Crippen molar-refractivity contribution in [1.82, 2.24) is 0 Å². The van der Waals surface area contributed by atoms with E-state index in [1.807, 2.05) is 13.0 Å². The smallest absolute Gasteiger partial charge is 0.176 e. The van der Waals surface area contributed by atoms with Crippen LogP contribution in [0.5, 0.6) is 0 Å². The quantitative estimate of drug-likeness (QED) is 0.220. The molecular formula is C33H31F6N. The fraction of sp³-hybridized carbons (Fsp3) is 0.424. The summed E-state index contributed by atoms with van der Waals surface area (Å²) in [5, 5.41) is 8.91. The number of hydrogen-bond acceptors (Lipinski definition) is 1. The van der Waals surface area contributed by atoms with Crippen molar-refractivity contribution in [3.8, 4) is 6.07 Å². The van der Waals surface area contributed by atoms with Crippen molar-refractivity contribution in [3.63, 3.8) is 0 Å². The zero-order valence-electron chi connectivity index (χ0n) is 22.4. The predicted molar refractivity (Wildman–Crippen MR) is 141 cm³/mol. The molecule has 0 bridgehead atoms. The molecule has 0 spiro atoms. The van der Waals surface area contributed by atoms with Crippen LogP contribution in [-0.4, -0.2) is 0 Å². The first-order valence-corrected chi connectivity index (χ1v) is 14.1. The molecule has 0 radical (unpaired) electrons. The second-order valence-electron chi connectivity index (χ2n) is 11.2. The van der Waals surface area contributed by atoms with E-state index in [0.29, 0.717) is 56.9 Å². The molecule has 1 nitrogen and oxygen atoms in total. The third kappa shape index (κ3) is 5.25. The van der Waals surface area contributed by atoms with Gasteiger partial charge in [0.15, 0.2) is 23.3 Å². The molecule has 0 aliphatic heterocycles. The van der Waals surface area contributed by atoms with Crippen LogP contribution in [-0.2, 0) is 25.7 Å². The van der Waals surface area contributed by atoms with Gasteiger partial charge in [0.05, 0.1) is 5.56 Å². The molecular weight excluding hydrogens is 524 g/mol. The second kappa shape index (κ2) is 11.7. The van der Waals surface area contributed by atoms with Crippen LogP contribution >= 0.6 is 0 Å². The van der Waals surface area contributed by atoms with Gasteiger partial charge in [0.1, 0.15) is 17.7 Å². The molecule has 0 aromatic heterocycles. The predicted octanol–water partition coefficient (Wildman–Crippen LogP) is 9.13. The zero-order valence-corrected chi connectivity index (χ0v) is 22.4. The Morgan fingerprint density at radius 1 is 0.775 bits per heavy atom. The van der Waals surface area contributed by atoms with Crippen molar-refractivity contribution in [2.75, 3.05) is 0 Å². The Morgan fingerprint density at radius 2 is 1.50 bits per heavy atom. The highest BCUT2D eigenvalue weighted by Crippen LogP contribution is 2.45. The summed E-state index contributed by atoms with van der Waals surface area (Å²) >= 11 is 0. The monoisotopic (exact) mass is 555 g/mol. The first-order valence-electron chi connectivity index (χ1n) is 14.1. The summed E-state index contributed by atoms with van der Waals surface area (Å²) in [5.41, 5.74) is 1.36. The topological polar surface area (TPSA) is 23.8 Å². The molecule has 0 heterocycles. The molecule has 3 aromatic rings. The van der Waals surface area contributed by atoms with Gasteiger partial charge in [-0.3, -0.25) is 0 Å². The van der Waals surface area contributed by atoms with Gasteiger partial charge >= 0.3 is 0 Å². The van der Waals surface area contributed by atoms with Crippen LogP contribution in [0.2, 0.25) is 0 Å². The van der Waals surface area contributed by atoms with Gasteiger partial charge in [0.25, 0.3) is 0 Å². The van der Waals surface area contributed by atoms with E-state index in [0.717, 1.165) is 12.0 Å².